The first-order valence-corrected chi connectivity index (χ1v) is 8.96. The number of nitrogens with zero attached hydrogens (tertiary/aromatic N) is 4. The molecule has 0 saturated carbocycles. The molecule has 0 atom stereocenters. The SMILES string of the molecule is C=CCN(Cc1nc2cccnc2n1CC(C)C)C(=O)c1ccccc1F. The topological polar surface area (TPSA) is 51.0 Å². The zero-order chi connectivity index (χ0) is 19.4. The molecule has 3 rings (SSSR count). The molecule has 0 fully saturated rings. The summed E-state index contributed by atoms with van der Waals surface area (Å²) in [5.74, 6) is 0.195. The maximum atomic E-state index is 14.1. The molecule has 6 heteroatoms. The van der Waals surface area contributed by atoms with Gasteiger partial charge in [0.1, 0.15) is 17.2 Å². The van der Waals surface area contributed by atoms with Gasteiger partial charge in [-0.2, -0.15) is 0 Å². The van der Waals surface area contributed by atoms with Crippen LogP contribution in [0, 0.1) is 11.7 Å². The van der Waals surface area contributed by atoms with Gasteiger partial charge in [0.25, 0.3) is 5.91 Å². The van der Waals surface area contributed by atoms with Crippen molar-refractivity contribution >= 4 is 17.1 Å². The maximum absolute atomic E-state index is 14.1. The minimum atomic E-state index is -0.533. The largest absolute Gasteiger partial charge is 0.327 e. The van der Waals surface area contributed by atoms with Gasteiger partial charge in [0, 0.05) is 19.3 Å². The van der Waals surface area contributed by atoms with Crippen LogP contribution in [0.3, 0.4) is 0 Å². The van der Waals surface area contributed by atoms with Crippen molar-refractivity contribution in [1.82, 2.24) is 19.4 Å². The van der Waals surface area contributed by atoms with E-state index in [4.69, 9.17) is 0 Å². The van der Waals surface area contributed by atoms with E-state index in [1.807, 2.05) is 16.7 Å². The summed E-state index contributed by atoms with van der Waals surface area (Å²) < 4.78 is 16.1. The van der Waals surface area contributed by atoms with Crippen LogP contribution in [0.1, 0.15) is 30.0 Å². The molecule has 0 unspecified atom stereocenters. The average Bonchev–Trinajstić information content (AvgIpc) is 2.98. The molecule has 0 saturated heterocycles. The van der Waals surface area contributed by atoms with E-state index in [9.17, 15) is 9.18 Å². The van der Waals surface area contributed by atoms with Crippen LogP contribution in [0.4, 0.5) is 4.39 Å². The Morgan fingerprint density at radius 2 is 2.07 bits per heavy atom. The molecule has 2 aromatic heterocycles. The summed E-state index contributed by atoms with van der Waals surface area (Å²) in [5.41, 5.74) is 1.62. The highest BCUT2D eigenvalue weighted by atomic mass is 19.1. The summed E-state index contributed by atoms with van der Waals surface area (Å²) >= 11 is 0. The van der Waals surface area contributed by atoms with E-state index in [-0.39, 0.29) is 18.0 Å². The molecule has 3 aromatic rings. The first kappa shape index (κ1) is 18.8. The summed E-state index contributed by atoms with van der Waals surface area (Å²) in [6, 6.07) is 9.74. The van der Waals surface area contributed by atoms with Gasteiger partial charge in [0.2, 0.25) is 0 Å². The van der Waals surface area contributed by atoms with Crippen molar-refractivity contribution in [3.63, 3.8) is 0 Å². The van der Waals surface area contributed by atoms with Crippen molar-refractivity contribution in [2.75, 3.05) is 6.54 Å². The summed E-state index contributed by atoms with van der Waals surface area (Å²) in [6.45, 7) is 9.24. The number of rotatable bonds is 7. The van der Waals surface area contributed by atoms with Crippen molar-refractivity contribution in [3.8, 4) is 0 Å². The number of hydrogen-bond donors (Lipinski definition) is 0. The van der Waals surface area contributed by atoms with E-state index in [1.165, 1.54) is 12.1 Å². The predicted octanol–water partition coefficient (Wildman–Crippen LogP) is 4.05. The standard InChI is InChI=1S/C21H23FN4O/c1-4-12-25(21(27)16-8-5-6-9-17(16)22)14-19-24-18-10-7-11-23-20(18)26(19)13-15(2)3/h4-11,15H,1,12-14H2,2-3H3. The zero-order valence-electron chi connectivity index (χ0n) is 15.6. The minimum Gasteiger partial charge on any atom is -0.327 e. The molecule has 0 aliphatic carbocycles. The van der Waals surface area contributed by atoms with Gasteiger partial charge in [-0.3, -0.25) is 4.79 Å². The Morgan fingerprint density at radius 3 is 2.78 bits per heavy atom. The average molecular weight is 366 g/mol. The molecule has 0 bridgehead atoms. The molecular weight excluding hydrogens is 343 g/mol. The third kappa shape index (κ3) is 4.05. The Morgan fingerprint density at radius 1 is 1.30 bits per heavy atom. The molecule has 0 aliphatic rings. The molecule has 1 amide bonds. The lowest BCUT2D eigenvalue weighted by Crippen LogP contribution is -2.32. The first-order chi connectivity index (χ1) is 13.0. The van der Waals surface area contributed by atoms with Gasteiger partial charge < -0.3 is 9.47 Å². The number of benzene rings is 1. The Balaban J connectivity index is 1.98. The smallest absolute Gasteiger partial charge is 0.257 e. The Hall–Kier alpha value is -3.02. The number of halogens is 1. The Labute approximate surface area is 158 Å². The maximum Gasteiger partial charge on any atom is 0.257 e. The highest BCUT2D eigenvalue weighted by Crippen LogP contribution is 2.19. The fourth-order valence-corrected chi connectivity index (χ4v) is 3.03. The van der Waals surface area contributed by atoms with Crippen LogP contribution in [0.5, 0.6) is 0 Å². The van der Waals surface area contributed by atoms with Crippen LogP contribution in [-0.2, 0) is 13.1 Å². The van der Waals surface area contributed by atoms with E-state index < -0.39 is 5.82 Å². The summed E-state index contributed by atoms with van der Waals surface area (Å²) in [6.07, 6.45) is 3.36. The van der Waals surface area contributed by atoms with Crippen LogP contribution < -0.4 is 0 Å². The van der Waals surface area contributed by atoms with Gasteiger partial charge in [-0.25, -0.2) is 14.4 Å². The van der Waals surface area contributed by atoms with Crippen LogP contribution in [0.15, 0.2) is 55.3 Å². The summed E-state index contributed by atoms with van der Waals surface area (Å²) in [4.78, 5) is 23.5. The normalized spacial score (nSPS) is 11.1. The second kappa shape index (κ2) is 8.12. The Kier molecular flexibility index (Phi) is 5.64. The van der Waals surface area contributed by atoms with Crippen LogP contribution >= 0.6 is 0 Å². The fraction of sp³-hybridized carbons (Fsp3) is 0.286. The summed E-state index contributed by atoms with van der Waals surface area (Å²) in [7, 11) is 0. The Bertz CT molecular complexity index is 964. The second-order valence-corrected chi connectivity index (χ2v) is 6.83. The lowest BCUT2D eigenvalue weighted by Gasteiger charge is -2.22. The molecule has 1 aromatic carbocycles. The van der Waals surface area contributed by atoms with Gasteiger partial charge in [-0.15, -0.1) is 6.58 Å². The number of pyridine rings is 1. The van der Waals surface area contributed by atoms with Crippen molar-refractivity contribution in [2.24, 2.45) is 5.92 Å². The molecule has 27 heavy (non-hydrogen) atoms. The second-order valence-electron chi connectivity index (χ2n) is 6.83. The van der Waals surface area contributed by atoms with E-state index in [1.54, 1.807) is 29.3 Å². The molecule has 5 nitrogen and oxygen atoms in total. The van der Waals surface area contributed by atoms with Crippen molar-refractivity contribution < 1.29 is 9.18 Å². The first-order valence-electron chi connectivity index (χ1n) is 8.96. The van der Waals surface area contributed by atoms with Gasteiger partial charge in [-0.05, 0) is 30.2 Å². The van der Waals surface area contributed by atoms with Crippen LogP contribution in [0.2, 0.25) is 0 Å². The molecule has 2 heterocycles. The summed E-state index contributed by atoms with van der Waals surface area (Å²) in [5, 5.41) is 0. The number of hydrogen-bond acceptors (Lipinski definition) is 3. The minimum absolute atomic E-state index is 0.0454. The fourth-order valence-electron chi connectivity index (χ4n) is 3.03. The molecule has 0 radical (unpaired) electrons. The zero-order valence-corrected chi connectivity index (χ0v) is 15.6. The lowest BCUT2D eigenvalue weighted by atomic mass is 10.2. The number of aromatic nitrogens is 3. The number of fused-ring (bicyclic) bond motifs is 1. The van der Waals surface area contributed by atoms with Crippen LogP contribution in [-0.4, -0.2) is 31.9 Å². The van der Waals surface area contributed by atoms with Gasteiger partial charge in [0.05, 0.1) is 12.1 Å². The third-order valence-electron chi connectivity index (χ3n) is 4.20. The number of carbonyl (C=O) groups is 1. The quantitative estimate of drug-likeness (QED) is 0.593. The molecule has 0 N–H and O–H groups in total. The molecule has 0 spiro atoms. The van der Waals surface area contributed by atoms with Crippen molar-refractivity contribution in [1.29, 1.82) is 0 Å². The van der Waals surface area contributed by atoms with Crippen LogP contribution in [0.25, 0.3) is 11.2 Å². The highest BCUT2D eigenvalue weighted by Gasteiger charge is 2.22. The molecule has 140 valence electrons. The van der Waals surface area contributed by atoms with E-state index >= 15 is 0 Å². The predicted molar refractivity (Wildman–Crippen MR) is 104 cm³/mol. The third-order valence-corrected chi connectivity index (χ3v) is 4.20. The van der Waals surface area contributed by atoms with Gasteiger partial charge in [0.15, 0.2) is 5.65 Å². The molecular formula is C21H23FN4O. The molecule has 0 aliphatic heterocycles. The number of amides is 1. The number of carbonyl (C=O) groups excluding carboxylic acids is 1. The monoisotopic (exact) mass is 366 g/mol. The van der Waals surface area contributed by atoms with E-state index in [0.717, 1.165) is 23.5 Å². The van der Waals surface area contributed by atoms with Crippen molar-refractivity contribution in [2.45, 2.75) is 26.9 Å². The lowest BCUT2D eigenvalue weighted by molar-refractivity contribution is 0.0752. The van der Waals surface area contributed by atoms with E-state index in [2.05, 4.69) is 30.4 Å². The van der Waals surface area contributed by atoms with Crippen molar-refractivity contribution in [3.05, 3.63) is 72.5 Å². The number of imidazole rings is 1. The van der Waals surface area contributed by atoms with Gasteiger partial charge in [-0.1, -0.05) is 32.1 Å². The van der Waals surface area contributed by atoms with Gasteiger partial charge >= 0.3 is 0 Å². The van der Waals surface area contributed by atoms with E-state index in [0.29, 0.717) is 12.5 Å². The highest BCUT2D eigenvalue weighted by molar-refractivity contribution is 5.94.